The molecule has 1 fully saturated rings. The normalized spacial score (nSPS) is 19.1. The summed E-state index contributed by atoms with van der Waals surface area (Å²) in [7, 11) is 0. The van der Waals surface area contributed by atoms with Crippen molar-refractivity contribution < 1.29 is 4.92 Å². The van der Waals surface area contributed by atoms with Crippen molar-refractivity contribution in [2.75, 3.05) is 6.54 Å². The molecule has 0 amide bonds. The van der Waals surface area contributed by atoms with Gasteiger partial charge in [-0.15, -0.1) is 0 Å². The Balaban J connectivity index is 2.33. The second kappa shape index (κ2) is 8.48. The highest BCUT2D eigenvalue weighted by Gasteiger charge is 2.26. The standard InChI is InChI=1S/C14H27NO2/c1-2-3-4-6-11-14(12-15(16)17)13-9-7-5-8-10-13/h13-14H,2-12H2,1H3. The highest BCUT2D eigenvalue weighted by Crippen LogP contribution is 2.33. The van der Waals surface area contributed by atoms with Crippen LogP contribution >= 0.6 is 0 Å². The number of unbranched alkanes of at least 4 members (excludes halogenated alkanes) is 3. The summed E-state index contributed by atoms with van der Waals surface area (Å²) < 4.78 is 0. The van der Waals surface area contributed by atoms with Crippen molar-refractivity contribution in [3.05, 3.63) is 10.1 Å². The van der Waals surface area contributed by atoms with Crippen LogP contribution in [0.3, 0.4) is 0 Å². The van der Waals surface area contributed by atoms with E-state index in [1.54, 1.807) is 0 Å². The Morgan fingerprint density at radius 3 is 2.47 bits per heavy atom. The van der Waals surface area contributed by atoms with Gasteiger partial charge in [-0.05, 0) is 25.2 Å². The largest absolute Gasteiger partial charge is 0.265 e. The molecule has 1 saturated carbocycles. The average molecular weight is 241 g/mol. The molecule has 0 bridgehead atoms. The van der Waals surface area contributed by atoms with Crippen LogP contribution in [0.4, 0.5) is 0 Å². The Labute approximate surface area is 105 Å². The van der Waals surface area contributed by atoms with Crippen molar-refractivity contribution in [3.8, 4) is 0 Å². The summed E-state index contributed by atoms with van der Waals surface area (Å²) in [5.74, 6) is 0.984. The van der Waals surface area contributed by atoms with Crippen molar-refractivity contribution in [1.29, 1.82) is 0 Å². The van der Waals surface area contributed by atoms with Crippen LogP contribution in [0.25, 0.3) is 0 Å². The van der Waals surface area contributed by atoms with Gasteiger partial charge in [0.25, 0.3) is 0 Å². The number of rotatable bonds is 8. The van der Waals surface area contributed by atoms with E-state index in [1.165, 1.54) is 57.8 Å². The van der Waals surface area contributed by atoms with Gasteiger partial charge in [-0.3, -0.25) is 10.1 Å². The fourth-order valence-electron chi connectivity index (χ4n) is 3.11. The van der Waals surface area contributed by atoms with Crippen molar-refractivity contribution in [1.82, 2.24) is 0 Å². The SMILES string of the molecule is CCCCCCC(C[N+](=O)[O-])C1CCCCC1. The predicted molar refractivity (Wildman–Crippen MR) is 70.7 cm³/mol. The molecule has 0 radical (unpaired) electrons. The third-order valence-electron chi connectivity index (χ3n) is 4.13. The molecule has 0 aromatic heterocycles. The molecular formula is C14H27NO2. The molecule has 3 heteroatoms. The van der Waals surface area contributed by atoms with Crippen LogP contribution in [0.2, 0.25) is 0 Å². The second-order valence-corrected chi connectivity index (χ2v) is 5.52. The number of nitro groups is 1. The topological polar surface area (TPSA) is 43.1 Å². The van der Waals surface area contributed by atoms with E-state index in [4.69, 9.17) is 0 Å². The van der Waals surface area contributed by atoms with Crippen LogP contribution < -0.4 is 0 Å². The molecule has 3 nitrogen and oxygen atoms in total. The van der Waals surface area contributed by atoms with E-state index >= 15 is 0 Å². The lowest BCUT2D eigenvalue weighted by Gasteiger charge is -2.27. The molecule has 1 aliphatic carbocycles. The van der Waals surface area contributed by atoms with Crippen molar-refractivity contribution in [3.63, 3.8) is 0 Å². The minimum absolute atomic E-state index is 0.0981. The maximum Gasteiger partial charge on any atom is 0.206 e. The van der Waals surface area contributed by atoms with Gasteiger partial charge in [0.2, 0.25) is 6.54 Å². The Morgan fingerprint density at radius 1 is 1.18 bits per heavy atom. The second-order valence-electron chi connectivity index (χ2n) is 5.52. The maximum absolute atomic E-state index is 10.7. The fraction of sp³-hybridized carbons (Fsp3) is 1.00. The van der Waals surface area contributed by atoms with Gasteiger partial charge >= 0.3 is 0 Å². The zero-order valence-corrected chi connectivity index (χ0v) is 11.2. The predicted octanol–water partition coefficient (Wildman–Crippen LogP) is 4.43. The minimum atomic E-state index is -0.0981. The molecule has 0 spiro atoms. The maximum atomic E-state index is 10.7. The van der Waals surface area contributed by atoms with E-state index in [0.29, 0.717) is 11.8 Å². The van der Waals surface area contributed by atoms with E-state index in [-0.39, 0.29) is 11.5 Å². The molecule has 1 atom stereocenters. The minimum Gasteiger partial charge on any atom is -0.265 e. The summed E-state index contributed by atoms with van der Waals surface area (Å²) in [5.41, 5.74) is 0. The van der Waals surface area contributed by atoms with Gasteiger partial charge in [0.15, 0.2) is 0 Å². The molecule has 17 heavy (non-hydrogen) atoms. The van der Waals surface area contributed by atoms with Gasteiger partial charge in [0, 0.05) is 10.8 Å². The zero-order valence-electron chi connectivity index (χ0n) is 11.2. The lowest BCUT2D eigenvalue weighted by molar-refractivity contribution is -0.490. The van der Waals surface area contributed by atoms with E-state index in [2.05, 4.69) is 6.92 Å². The monoisotopic (exact) mass is 241 g/mol. The molecule has 0 heterocycles. The summed E-state index contributed by atoms with van der Waals surface area (Å²) in [4.78, 5) is 10.6. The Bertz CT molecular complexity index is 212. The third kappa shape index (κ3) is 6.04. The molecule has 1 aliphatic rings. The van der Waals surface area contributed by atoms with Gasteiger partial charge in [0.1, 0.15) is 0 Å². The van der Waals surface area contributed by atoms with Crippen molar-refractivity contribution in [2.45, 2.75) is 71.1 Å². The first-order chi connectivity index (χ1) is 8.24. The van der Waals surface area contributed by atoms with Crippen LogP contribution in [0.15, 0.2) is 0 Å². The van der Waals surface area contributed by atoms with E-state index in [9.17, 15) is 10.1 Å². The zero-order chi connectivity index (χ0) is 12.5. The smallest absolute Gasteiger partial charge is 0.206 e. The van der Waals surface area contributed by atoms with Crippen LogP contribution in [-0.4, -0.2) is 11.5 Å². The van der Waals surface area contributed by atoms with Crippen LogP contribution in [0, 0.1) is 22.0 Å². The first kappa shape index (κ1) is 14.5. The molecule has 0 aliphatic heterocycles. The average Bonchev–Trinajstić information content (AvgIpc) is 2.34. The summed E-state index contributed by atoms with van der Waals surface area (Å²) >= 11 is 0. The summed E-state index contributed by atoms with van der Waals surface area (Å²) in [6.07, 6.45) is 12.4. The van der Waals surface area contributed by atoms with Crippen molar-refractivity contribution in [2.24, 2.45) is 11.8 Å². The van der Waals surface area contributed by atoms with Crippen LogP contribution in [-0.2, 0) is 0 Å². The highest BCUT2D eigenvalue weighted by atomic mass is 16.6. The molecule has 0 aromatic rings. The molecular weight excluding hydrogens is 214 g/mol. The highest BCUT2D eigenvalue weighted by molar-refractivity contribution is 4.74. The summed E-state index contributed by atoms with van der Waals surface area (Å²) in [6.45, 7) is 2.41. The van der Waals surface area contributed by atoms with E-state index in [0.717, 1.165) is 6.42 Å². The van der Waals surface area contributed by atoms with Crippen LogP contribution in [0.5, 0.6) is 0 Å². The molecule has 0 N–H and O–H groups in total. The van der Waals surface area contributed by atoms with E-state index < -0.39 is 0 Å². The van der Waals surface area contributed by atoms with Gasteiger partial charge < -0.3 is 0 Å². The molecule has 1 rings (SSSR count). The molecule has 1 unspecified atom stereocenters. The van der Waals surface area contributed by atoms with Gasteiger partial charge in [-0.25, -0.2) is 0 Å². The van der Waals surface area contributed by atoms with Gasteiger partial charge in [-0.1, -0.05) is 51.9 Å². The molecule has 100 valence electrons. The summed E-state index contributed by atoms with van der Waals surface area (Å²) in [6, 6.07) is 0. The molecule has 0 saturated heterocycles. The lowest BCUT2D eigenvalue weighted by atomic mass is 9.78. The van der Waals surface area contributed by atoms with Crippen LogP contribution in [0.1, 0.15) is 71.1 Å². The van der Waals surface area contributed by atoms with Gasteiger partial charge in [0.05, 0.1) is 0 Å². The van der Waals surface area contributed by atoms with E-state index in [1.807, 2.05) is 0 Å². The Hall–Kier alpha value is -0.600. The molecule has 0 aromatic carbocycles. The number of hydrogen-bond donors (Lipinski definition) is 0. The quantitative estimate of drug-likeness (QED) is 0.358. The Morgan fingerprint density at radius 2 is 1.88 bits per heavy atom. The fourth-order valence-corrected chi connectivity index (χ4v) is 3.11. The Kier molecular flexibility index (Phi) is 7.22. The van der Waals surface area contributed by atoms with Crippen molar-refractivity contribution >= 4 is 0 Å². The third-order valence-corrected chi connectivity index (χ3v) is 4.13. The van der Waals surface area contributed by atoms with Gasteiger partial charge in [-0.2, -0.15) is 0 Å². The lowest BCUT2D eigenvalue weighted by Crippen LogP contribution is -2.25. The number of nitrogens with zero attached hydrogens (tertiary/aromatic N) is 1. The summed E-state index contributed by atoms with van der Waals surface area (Å²) in [5, 5.41) is 10.7. The first-order valence-electron chi connectivity index (χ1n) is 7.35. The first-order valence-corrected chi connectivity index (χ1v) is 7.35. The number of hydrogen-bond acceptors (Lipinski definition) is 2.